The molecule has 0 aliphatic rings. The fourth-order valence-electron chi connectivity index (χ4n) is 5.98. The third-order valence-corrected chi connectivity index (χ3v) is 8.17. The van der Waals surface area contributed by atoms with Gasteiger partial charge in [-0.05, 0) is 20.8 Å². The van der Waals surface area contributed by atoms with E-state index in [2.05, 4.69) is 38.6 Å². The fourth-order valence-corrected chi connectivity index (χ4v) is 5.98. The van der Waals surface area contributed by atoms with E-state index in [1.807, 2.05) is 0 Å². The molecule has 0 atom stereocenters. The number of aryl methyl sites for hydroxylation is 3. The van der Waals surface area contributed by atoms with E-state index in [4.69, 9.17) is 0 Å². The Balaban J connectivity index is 0.000000502. The van der Waals surface area contributed by atoms with Crippen LogP contribution in [0.2, 0.25) is 0 Å². The molecule has 1 nitrogen and oxygen atoms in total. The molecule has 0 aliphatic heterocycles. The van der Waals surface area contributed by atoms with Gasteiger partial charge in [-0.3, -0.25) is 0 Å². The molecule has 5 aromatic carbocycles. The minimum Gasteiger partial charge on any atom is -0.325 e. The zero-order chi connectivity index (χ0) is 38.6. The molecule has 0 fully saturated rings. The maximum Gasteiger partial charge on any atom is 0.191 e. The van der Waals surface area contributed by atoms with E-state index in [1.54, 1.807) is 0 Å². The van der Waals surface area contributed by atoms with Crippen molar-refractivity contribution in [2.24, 2.45) is 0 Å². The van der Waals surface area contributed by atoms with Crippen molar-refractivity contribution in [3.05, 3.63) is 146 Å². The molecular formula is C33H18BF16N. The van der Waals surface area contributed by atoms with Gasteiger partial charge in [0, 0.05) is 35.4 Å². The van der Waals surface area contributed by atoms with Gasteiger partial charge in [-0.15, -0.1) is 21.9 Å². The van der Waals surface area contributed by atoms with Crippen molar-refractivity contribution in [2.45, 2.75) is 20.8 Å². The third-order valence-electron chi connectivity index (χ3n) is 8.17. The lowest BCUT2D eigenvalue weighted by Crippen LogP contribution is -2.80. The van der Waals surface area contributed by atoms with Crippen LogP contribution in [0.25, 0.3) is 0 Å². The Hall–Kier alpha value is -5.00. The van der Waals surface area contributed by atoms with Gasteiger partial charge in [-0.1, -0.05) is 17.7 Å². The van der Waals surface area contributed by atoms with E-state index in [1.165, 1.54) is 22.4 Å². The molecule has 5 rings (SSSR count). The van der Waals surface area contributed by atoms with Gasteiger partial charge in [0.1, 0.15) is 35.1 Å². The standard InChI is InChI=1S/C24H4BF16.C9H13N/c26-5-1-9(30)17(34)21(38)13(5)25(14-6(27)2-10(31)18(35)22(14)39,15-7(28)3-11(32)19(36)23(15)40)16-8(29)4-12(33)20(37)24(16)41;1-6-4-7(2)9(10)8(3)5-6/h1-4H;4-5H,10H2,1-3H3/q-1;/p+1. The SMILES string of the molecule is Cc1cc(C)c([NH3+])c(C)c1.Fc1cc(F)c([B-](c2c(F)cc(F)c(F)c2F)(c2c(F)cc(F)c(F)c2F)c2c(F)cc(F)c(F)c2F)c(F)c1F. The van der Waals surface area contributed by atoms with Gasteiger partial charge in [0.05, 0.1) is 23.3 Å². The van der Waals surface area contributed by atoms with Gasteiger partial charge in [-0.2, -0.15) is 0 Å². The Labute approximate surface area is 276 Å². The molecule has 0 saturated carbocycles. The van der Waals surface area contributed by atoms with Crippen LogP contribution in [-0.2, 0) is 0 Å². The molecule has 0 amide bonds. The largest absolute Gasteiger partial charge is 0.325 e. The topological polar surface area (TPSA) is 27.6 Å². The predicted octanol–water partition coefficient (Wildman–Crippen LogP) is 6.77. The molecule has 51 heavy (non-hydrogen) atoms. The van der Waals surface area contributed by atoms with E-state index >= 15 is 35.1 Å². The Morgan fingerprint density at radius 3 is 0.765 bits per heavy atom. The Morgan fingerprint density at radius 2 is 0.549 bits per heavy atom. The lowest BCUT2D eigenvalue weighted by molar-refractivity contribution is -0.256. The molecule has 18 heteroatoms. The first-order valence-electron chi connectivity index (χ1n) is 14.0. The Kier molecular flexibility index (Phi) is 10.6. The van der Waals surface area contributed by atoms with Crippen molar-refractivity contribution in [1.29, 1.82) is 0 Å². The van der Waals surface area contributed by atoms with Crippen LogP contribution in [0.15, 0.2) is 36.4 Å². The smallest absolute Gasteiger partial charge is 0.191 e. The van der Waals surface area contributed by atoms with Crippen molar-refractivity contribution in [3.8, 4) is 0 Å². The maximum atomic E-state index is 15.3. The molecule has 0 unspecified atom stereocenters. The lowest BCUT2D eigenvalue weighted by atomic mass is 9.12. The summed E-state index contributed by atoms with van der Waals surface area (Å²) < 4.78 is 235. The summed E-state index contributed by atoms with van der Waals surface area (Å²) in [6.45, 7) is 6.31. The summed E-state index contributed by atoms with van der Waals surface area (Å²) in [6, 6.07) is 1.40. The first-order chi connectivity index (χ1) is 23.6. The Morgan fingerprint density at radius 1 is 0.333 bits per heavy atom. The fraction of sp³-hybridized carbons (Fsp3) is 0.0909. The Bertz CT molecular complexity index is 1960. The normalized spacial score (nSPS) is 11.5. The molecule has 5 aromatic rings. The molecule has 0 aromatic heterocycles. The van der Waals surface area contributed by atoms with E-state index in [0.717, 1.165) is 0 Å². The first kappa shape index (κ1) is 38.8. The summed E-state index contributed by atoms with van der Waals surface area (Å²) in [7, 11) is 0. The van der Waals surface area contributed by atoms with Crippen molar-refractivity contribution < 1.29 is 76.0 Å². The van der Waals surface area contributed by atoms with Gasteiger partial charge < -0.3 is 5.73 Å². The molecule has 0 saturated heterocycles. The summed E-state index contributed by atoms with van der Waals surface area (Å²) in [6.07, 6.45) is -6.18. The molecule has 0 spiro atoms. The summed E-state index contributed by atoms with van der Waals surface area (Å²) in [5.41, 5.74) is -1.91. The van der Waals surface area contributed by atoms with Crippen LogP contribution in [0.1, 0.15) is 16.7 Å². The average Bonchev–Trinajstić information content (AvgIpc) is 3.03. The van der Waals surface area contributed by atoms with Gasteiger partial charge >= 0.3 is 0 Å². The number of benzene rings is 5. The first-order valence-corrected chi connectivity index (χ1v) is 14.0. The zero-order valence-corrected chi connectivity index (χ0v) is 25.8. The third kappa shape index (κ3) is 6.29. The number of halogens is 16. The molecule has 270 valence electrons. The highest BCUT2D eigenvalue weighted by Gasteiger charge is 2.49. The van der Waals surface area contributed by atoms with Crippen molar-refractivity contribution in [3.63, 3.8) is 0 Å². The minimum atomic E-state index is -6.18. The predicted molar refractivity (Wildman–Crippen MR) is 153 cm³/mol. The van der Waals surface area contributed by atoms with Crippen LogP contribution in [0, 0.1) is 114 Å². The van der Waals surface area contributed by atoms with Crippen LogP contribution in [0.4, 0.5) is 75.9 Å². The quantitative estimate of drug-likeness (QED) is 0.0912. The monoisotopic (exact) mass is 743 g/mol. The van der Waals surface area contributed by atoms with E-state index in [0.29, 0.717) is 0 Å². The number of hydrogen-bond acceptors (Lipinski definition) is 0. The highest BCUT2D eigenvalue weighted by molar-refractivity contribution is 7.20. The number of quaternary nitrogens is 1. The summed E-state index contributed by atoms with van der Waals surface area (Å²) in [5, 5.41) is 0. The second-order valence-electron chi connectivity index (χ2n) is 11.3. The van der Waals surface area contributed by atoms with Gasteiger partial charge in [0.25, 0.3) is 0 Å². The maximum absolute atomic E-state index is 15.3. The highest BCUT2D eigenvalue weighted by atomic mass is 19.2. The van der Waals surface area contributed by atoms with E-state index in [-0.39, 0.29) is 0 Å². The molecule has 0 bridgehead atoms. The van der Waals surface area contributed by atoms with E-state index in [9.17, 15) is 35.1 Å². The van der Waals surface area contributed by atoms with Crippen molar-refractivity contribution in [2.75, 3.05) is 0 Å². The van der Waals surface area contributed by atoms with Gasteiger partial charge in [0.15, 0.2) is 46.5 Å². The van der Waals surface area contributed by atoms with Crippen molar-refractivity contribution in [1.82, 2.24) is 0 Å². The number of rotatable bonds is 4. The molecular weight excluding hydrogens is 725 g/mol. The average molecular weight is 743 g/mol. The zero-order valence-electron chi connectivity index (χ0n) is 25.8. The molecule has 0 heterocycles. The summed E-state index contributed by atoms with van der Waals surface area (Å²) >= 11 is 0. The molecule has 3 N–H and O–H groups in total. The second kappa shape index (κ2) is 14.0. The molecule has 0 aliphatic carbocycles. The van der Waals surface area contributed by atoms with E-state index < -0.39 is 145 Å². The summed E-state index contributed by atoms with van der Waals surface area (Å²) in [4.78, 5) is 0. The van der Waals surface area contributed by atoms with Crippen LogP contribution in [0.3, 0.4) is 0 Å². The minimum absolute atomic E-state index is 0.731. The highest BCUT2D eigenvalue weighted by Crippen LogP contribution is 2.27. The van der Waals surface area contributed by atoms with Crippen LogP contribution in [-0.4, -0.2) is 6.15 Å². The van der Waals surface area contributed by atoms with Gasteiger partial charge in [0.2, 0.25) is 0 Å². The van der Waals surface area contributed by atoms with Crippen LogP contribution >= 0.6 is 0 Å². The van der Waals surface area contributed by atoms with Crippen molar-refractivity contribution >= 4 is 33.7 Å². The lowest BCUT2D eigenvalue weighted by Gasteiger charge is -2.44. The van der Waals surface area contributed by atoms with Crippen LogP contribution in [0.5, 0.6) is 0 Å². The van der Waals surface area contributed by atoms with Gasteiger partial charge in [-0.25, -0.2) is 70.2 Å². The summed E-state index contributed by atoms with van der Waals surface area (Å²) in [5.74, 6) is -45.1. The number of hydrogen-bond donors (Lipinski definition) is 1. The molecule has 0 radical (unpaired) electrons. The second-order valence-corrected chi connectivity index (χ2v) is 11.3. The van der Waals surface area contributed by atoms with Crippen LogP contribution < -0.4 is 27.6 Å².